The van der Waals surface area contributed by atoms with Crippen molar-refractivity contribution in [3.8, 4) is 0 Å². The molecule has 1 atom stereocenters. The lowest BCUT2D eigenvalue weighted by Gasteiger charge is -2.11. The molecule has 124 valence electrons. The van der Waals surface area contributed by atoms with Crippen LogP contribution in [-0.4, -0.2) is 49.3 Å². The Labute approximate surface area is 135 Å². The molecule has 1 heterocycles. The van der Waals surface area contributed by atoms with Gasteiger partial charge in [-0.1, -0.05) is 12.8 Å². The van der Waals surface area contributed by atoms with E-state index in [9.17, 15) is 4.79 Å². The Hall–Kier alpha value is -1.23. The van der Waals surface area contributed by atoms with Crippen molar-refractivity contribution in [3.05, 3.63) is 5.82 Å². The largest absolute Gasteiger partial charge is 0.451 e. The molecule has 0 saturated heterocycles. The van der Waals surface area contributed by atoms with Gasteiger partial charge in [0.1, 0.15) is 6.54 Å². The minimum absolute atomic E-state index is 0. The fourth-order valence-electron chi connectivity index (χ4n) is 2.05. The number of nitrogens with one attached hydrogen (secondary N) is 1. The number of nitrogens with zero attached hydrogens (tertiary/aromatic N) is 4. The SMILES string of the molecule is Cl.NC(CCCCB(O)O)c1nnnn1CC(=O)NC1CC1. The van der Waals surface area contributed by atoms with Gasteiger partial charge in [0.15, 0.2) is 5.82 Å². The zero-order valence-electron chi connectivity index (χ0n) is 12.3. The molecule has 11 heteroatoms. The summed E-state index contributed by atoms with van der Waals surface area (Å²) in [7, 11) is -1.28. The van der Waals surface area contributed by atoms with Crippen LogP contribution in [0.3, 0.4) is 0 Å². The van der Waals surface area contributed by atoms with Gasteiger partial charge < -0.3 is 21.1 Å². The Morgan fingerprint density at radius 1 is 1.45 bits per heavy atom. The van der Waals surface area contributed by atoms with Crippen molar-refractivity contribution in [2.75, 3.05) is 0 Å². The molecule has 1 unspecified atom stereocenters. The summed E-state index contributed by atoms with van der Waals surface area (Å²) in [5.74, 6) is 0.368. The third-order valence-corrected chi connectivity index (χ3v) is 3.35. The second-order valence-electron chi connectivity index (χ2n) is 5.41. The van der Waals surface area contributed by atoms with E-state index in [0.717, 1.165) is 19.3 Å². The van der Waals surface area contributed by atoms with E-state index in [1.165, 1.54) is 4.68 Å². The monoisotopic (exact) mass is 332 g/mol. The standard InChI is InChI=1S/C11H21BN6O3.ClH/c13-9(3-1-2-6-12(20)21)11-15-16-17-18(11)7-10(19)14-8-4-5-8;/h8-9,20-21H,1-7,13H2,(H,14,19);1H. The number of carbonyl (C=O) groups excluding carboxylic acids is 1. The lowest BCUT2D eigenvalue weighted by atomic mass is 9.83. The summed E-state index contributed by atoms with van der Waals surface area (Å²) in [6.45, 7) is 0.0713. The molecule has 0 spiro atoms. The molecule has 0 radical (unpaired) electrons. The van der Waals surface area contributed by atoms with E-state index in [1.54, 1.807) is 0 Å². The van der Waals surface area contributed by atoms with Crippen LogP contribution in [0, 0.1) is 0 Å². The highest BCUT2D eigenvalue weighted by Crippen LogP contribution is 2.19. The molecular weight excluding hydrogens is 310 g/mol. The molecule has 1 aliphatic rings. The van der Waals surface area contributed by atoms with Gasteiger partial charge in [0.25, 0.3) is 0 Å². The van der Waals surface area contributed by atoms with Crippen molar-refractivity contribution in [2.45, 2.75) is 57.1 Å². The normalized spacial score (nSPS) is 15.0. The van der Waals surface area contributed by atoms with E-state index in [1.807, 2.05) is 0 Å². The van der Waals surface area contributed by atoms with Crippen molar-refractivity contribution in [2.24, 2.45) is 5.73 Å². The van der Waals surface area contributed by atoms with E-state index < -0.39 is 7.12 Å². The molecule has 0 aromatic carbocycles. The molecule has 1 aromatic rings. The van der Waals surface area contributed by atoms with Crippen molar-refractivity contribution in [1.29, 1.82) is 0 Å². The molecule has 0 bridgehead atoms. The minimum Gasteiger partial charge on any atom is -0.427 e. The number of carbonyl (C=O) groups is 1. The summed E-state index contributed by atoms with van der Waals surface area (Å²) in [5, 5.41) is 31.6. The first kappa shape index (κ1) is 18.8. The van der Waals surface area contributed by atoms with E-state index in [-0.39, 0.29) is 30.9 Å². The van der Waals surface area contributed by atoms with Gasteiger partial charge in [-0.2, -0.15) is 0 Å². The van der Waals surface area contributed by atoms with Crippen molar-refractivity contribution in [3.63, 3.8) is 0 Å². The van der Waals surface area contributed by atoms with Gasteiger partial charge in [0.2, 0.25) is 5.91 Å². The van der Waals surface area contributed by atoms with Crippen molar-refractivity contribution in [1.82, 2.24) is 25.5 Å². The number of tetrazole rings is 1. The van der Waals surface area contributed by atoms with Gasteiger partial charge in [-0.05, 0) is 36.0 Å². The second kappa shape index (κ2) is 9.04. The van der Waals surface area contributed by atoms with Crippen LogP contribution < -0.4 is 11.1 Å². The number of hydrogen-bond donors (Lipinski definition) is 4. The summed E-state index contributed by atoms with van der Waals surface area (Å²) in [4.78, 5) is 11.7. The van der Waals surface area contributed by atoms with Gasteiger partial charge >= 0.3 is 7.12 Å². The number of halogens is 1. The number of rotatable bonds is 9. The Kier molecular flexibility index (Phi) is 7.73. The molecule has 22 heavy (non-hydrogen) atoms. The highest BCUT2D eigenvalue weighted by molar-refractivity contribution is 6.40. The summed E-state index contributed by atoms with van der Waals surface area (Å²) in [6, 6.07) is -0.0689. The molecule has 1 saturated carbocycles. The van der Waals surface area contributed by atoms with Crippen LogP contribution in [0.5, 0.6) is 0 Å². The molecular formula is C11H22BClN6O3. The summed E-state index contributed by atoms with van der Waals surface area (Å²) in [6.07, 6.45) is 4.41. The van der Waals surface area contributed by atoms with Crippen molar-refractivity contribution >= 4 is 25.4 Å². The van der Waals surface area contributed by atoms with Gasteiger partial charge in [-0.15, -0.1) is 17.5 Å². The smallest absolute Gasteiger partial charge is 0.427 e. The Bertz CT molecular complexity index is 470. The number of unbranched alkanes of at least 4 members (excludes halogenated alkanes) is 1. The lowest BCUT2D eigenvalue weighted by Crippen LogP contribution is -2.31. The molecule has 1 aromatic heterocycles. The van der Waals surface area contributed by atoms with Crippen LogP contribution in [0.4, 0.5) is 0 Å². The topological polar surface area (TPSA) is 139 Å². The zero-order valence-corrected chi connectivity index (χ0v) is 13.1. The summed E-state index contributed by atoms with van der Waals surface area (Å²) >= 11 is 0. The highest BCUT2D eigenvalue weighted by atomic mass is 35.5. The average Bonchev–Trinajstić information content (AvgIpc) is 3.10. The predicted molar refractivity (Wildman–Crippen MR) is 82.0 cm³/mol. The summed E-state index contributed by atoms with van der Waals surface area (Å²) in [5.41, 5.74) is 6.03. The number of aromatic nitrogens is 4. The fraction of sp³-hybridized carbons (Fsp3) is 0.818. The highest BCUT2D eigenvalue weighted by Gasteiger charge is 2.24. The maximum absolute atomic E-state index is 11.7. The van der Waals surface area contributed by atoms with Crippen molar-refractivity contribution < 1.29 is 14.8 Å². The maximum Gasteiger partial charge on any atom is 0.451 e. The molecule has 2 rings (SSSR count). The lowest BCUT2D eigenvalue weighted by molar-refractivity contribution is -0.122. The first-order chi connectivity index (χ1) is 10.1. The molecule has 9 nitrogen and oxygen atoms in total. The molecule has 0 aliphatic heterocycles. The van der Waals surface area contributed by atoms with Gasteiger partial charge in [0, 0.05) is 6.04 Å². The van der Waals surface area contributed by atoms with Crippen LogP contribution >= 0.6 is 12.4 Å². The number of hydrogen-bond acceptors (Lipinski definition) is 7. The minimum atomic E-state index is -1.28. The van der Waals surface area contributed by atoms with Crippen LogP contribution in [-0.2, 0) is 11.3 Å². The molecule has 5 N–H and O–H groups in total. The summed E-state index contributed by atoms with van der Waals surface area (Å²) < 4.78 is 1.42. The van der Waals surface area contributed by atoms with Gasteiger partial charge in [0.05, 0.1) is 6.04 Å². The van der Waals surface area contributed by atoms with Crippen LogP contribution in [0.25, 0.3) is 0 Å². The molecule has 1 aliphatic carbocycles. The Balaban J connectivity index is 0.00000242. The Morgan fingerprint density at radius 3 is 2.82 bits per heavy atom. The second-order valence-corrected chi connectivity index (χ2v) is 5.41. The average molecular weight is 333 g/mol. The predicted octanol–water partition coefficient (Wildman–Crippen LogP) is -0.984. The van der Waals surface area contributed by atoms with E-state index >= 15 is 0 Å². The van der Waals surface area contributed by atoms with Gasteiger partial charge in [-0.25, -0.2) is 4.68 Å². The number of nitrogens with two attached hydrogens (primary N) is 1. The Morgan fingerprint density at radius 2 is 2.18 bits per heavy atom. The van der Waals surface area contributed by atoms with Crippen LogP contribution in [0.1, 0.15) is 44.0 Å². The molecule has 1 amide bonds. The van der Waals surface area contributed by atoms with Crippen LogP contribution in [0.15, 0.2) is 0 Å². The molecule has 1 fully saturated rings. The third-order valence-electron chi connectivity index (χ3n) is 3.35. The fourth-order valence-corrected chi connectivity index (χ4v) is 2.05. The van der Waals surface area contributed by atoms with Gasteiger partial charge in [-0.3, -0.25) is 4.79 Å². The van der Waals surface area contributed by atoms with Crippen LogP contribution in [0.2, 0.25) is 6.32 Å². The maximum atomic E-state index is 11.7. The number of amides is 1. The third kappa shape index (κ3) is 6.26. The first-order valence-corrected chi connectivity index (χ1v) is 7.23. The zero-order chi connectivity index (χ0) is 15.2. The first-order valence-electron chi connectivity index (χ1n) is 7.23. The van der Waals surface area contributed by atoms with E-state index in [0.29, 0.717) is 31.0 Å². The van der Waals surface area contributed by atoms with E-state index in [2.05, 4.69) is 20.8 Å². The van der Waals surface area contributed by atoms with E-state index in [4.69, 9.17) is 15.8 Å². The quantitative estimate of drug-likeness (QED) is 0.336.